The standard InChI is InChI=1S/C16H21N3O6/c1-9(15(23)25-8-12(20)18-7-6-17-16(18)24)19-13(21)10-4-2-3-5-11(10)14(19)22/h9-11H,2-8H2,1H3,(H,17,24)/t9-,10-,11-/m0/s1. The Bertz CT molecular complexity index is 609. The van der Waals surface area contributed by atoms with Crippen LogP contribution >= 0.6 is 0 Å². The molecule has 1 aliphatic carbocycles. The molecule has 136 valence electrons. The topological polar surface area (TPSA) is 113 Å². The van der Waals surface area contributed by atoms with Crippen LogP contribution in [-0.2, 0) is 23.9 Å². The second-order valence-electron chi connectivity index (χ2n) is 6.60. The number of imide groups is 2. The number of rotatable bonds is 4. The summed E-state index contributed by atoms with van der Waals surface area (Å²) in [4.78, 5) is 62.3. The van der Waals surface area contributed by atoms with E-state index in [1.807, 2.05) is 0 Å². The van der Waals surface area contributed by atoms with Crippen LogP contribution in [0.2, 0.25) is 0 Å². The van der Waals surface area contributed by atoms with Crippen molar-refractivity contribution in [1.29, 1.82) is 0 Å². The Morgan fingerprint density at radius 2 is 1.76 bits per heavy atom. The monoisotopic (exact) mass is 351 g/mol. The number of carbonyl (C=O) groups is 5. The van der Waals surface area contributed by atoms with E-state index in [0.29, 0.717) is 19.4 Å². The molecule has 0 radical (unpaired) electrons. The Kier molecular flexibility index (Phi) is 4.73. The molecule has 2 heterocycles. The molecule has 2 saturated heterocycles. The van der Waals surface area contributed by atoms with Crippen molar-refractivity contribution in [3.05, 3.63) is 0 Å². The Hall–Kier alpha value is -2.45. The Morgan fingerprint density at radius 3 is 2.28 bits per heavy atom. The average molecular weight is 351 g/mol. The van der Waals surface area contributed by atoms with Crippen LogP contribution < -0.4 is 5.32 Å². The molecule has 0 bridgehead atoms. The van der Waals surface area contributed by atoms with Crippen LogP contribution in [0.5, 0.6) is 0 Å². The van der Waals surface area contributed by atoms with Gasteiger partial charge in [0, 0.05) is 13.1 Å². The minimum Gasteiger partial charge on any atom is -0.454 e. The van der Waals surface area contributed by atoms with Crippen molar-refractivity contribution in [1.82, 2.24) is 15.1 Å². The zero-order valence-corrected chi connectivity index (χ0v) is 14.0. The van der Waals surface area contributed by atoms with Gasteiger partial charge < -0.3 is 10.1 Å². The van der Waals surface area contributed by atoms with Crippen LogP contribution in [0, 0.1) is 11.8 Å². The van der Waals surface area contributed by atoms with E-state index in [1.165, 1.54) is 6.92 Å². The molecule has 9 nitrogen and oxygen atoms in total. The molecule has 0 unspecified atom stereocenters. The predicted octanol–water partition coefficient (Wildman–Crippen LogP) is -0.355. The Morgan fingerprint density at radius 1 is 1.16 bits per heavy atom. The maximum Gasteiger partial charge on any atom is 0.329 e. The Labute approximate surface area is 144 Å². The number of urea groups is 1. The molecule has 25 heavy (non-hydrogen) atoms. The summed E-state index contributed by atoms with van der Waals surface area (Å²) in [5.74, 6) is -2.80. The maximum absolute atomic E-state index is 12.5. The molecule has 0 aromatic carbocycles. The van der Waals surface area contributed by atoms with E-state index in [0.717, 1.165) is 22.6 Å². The van der Waals surface area contributed by atoms with Gasteiger partial charge in [-0.15, -0.1) is 0 Å². The van der Waals surface area contributed by atoms with Gasteiger partial charge in [-0.25, -0.2) is 9.59 Å². The average Bonchev–Trinajstić information content (AvgIpc) is 3.14. The fourth-order valence-electron chi connectivity index (χ4n) is 3.72. The lowest BCUT2D eigenvalue weighted by molar-refractivity contribution is -0.160. The van der Waals surface area contributed by atoms with Gasteiger partial charge in [-0.1, -0.05) is 12.8 Å². The molecule has 2 aliphatic heterocycles. The van der Waals surface area contributed by atoms with Gasteiger partial charge in [-0.2, -0.15) is 0 Å². The van der Waals surface area contributed by atoms with Crippen LogP contribution in [0.25, 0.3) is 0 Å². The molecule has 1 N–H and O–H groups in total. The predicted molar refractivity (Wildman–Crippen MR) is 82.8 cm³/mol. The maximum atomic E-state index is 12.5. The van der Waals surface area contributed by atoms with Crippen LogP contribution in [0.3, 0.4) is 0 Å². The van der Waals surface area contributed by atoms with Gasteiger partial charge in [0.1, 0.15) is 6.04 Å². The van der Waals surface area contributed by atoms with Crippen LogP contribution in [0.4, 0.5) is 4.79 Å². The third kappa shape index (κ3) is 3.10. The normalized spacial score (nSPS) is 27.2. The number of carbonyl (C=O) groups excluding carboxylic acids is 5. The van der Waals surface area contributed by atoms with Crippen molar-refractivity contribution in [3.8, 4) is 0 Å². The number of hydrogen-bond donors (Lipinski definition) is 1. The van der Waals surface area contributed by atoms with E-state index in [9.17, 15) is 24.0 Å². The molecule has 0 spiro atoms. The van der Waals surface area contributed by atoms with Gasteiger partial charge in [0.25, 0.3) is 5.91 Å². The molecule has 3 atom stereocenters. The molecule has 3 rings (SSSR count). The van der Waals surface area contributed by atoms with Gasteiger partial charge in [0.15, 0.2) is 6.61 Å². The summed E-state index contributed by atoms with van der Waals surface area (Å²) in [5.41, 5.74) is 0. The van der Waals surface area contributed by atoms with Gasteiger partial charge in [0.05, 0.1) is 11.8 Å². The van der Waals surface area contributed by atoms with Crippen molar-refractivity contribution in [2.45, 2.75) is 38.6 Å². The number of fused-ring (bicyclic) bond motifs is 1. The van der Waals surface area contributed by atoms with Crippen molar-refractivity contribution >= 4 is 29.7 Å². The fraction of sp³-hybridized carbons (Fsp3) is 0.688. The zero-order chi connectivity index (χ0) is 18.1. The SMILES string of the molecule is C[C@@H](C(=O)OCC(=O)N1CCNC1=O)N1C(=O)[C@H]2CCCC[C@@H]2C1=O. The lowest BCUT2D eigenvalue weighted by Gasteiger charge is -2.22. The van der Waals surface area contributed by atoms with Gasteiger partial charge in [-0.05, 0) is 19.8 Å². The van der Waals surface area contributed by atoms with Crippen LogP contribution in [0.1, 0.15) is 32.6 Å². The van der Waals surface area contributed by atoms with Crippen LogP contribution in [0.15, 0.2) is 0 Å². The highest BCUT2D eigenvalue weighted by Gasteiger charge is 2.51. The largest absolute Gasteiger partial charge is 0.454 e. The van der Waals surface area contributed by atoms with E-state index in [2.05, 4.69) is 5.32 Å². The second-order valence-corrected chi connectivity index (χ2v) is 6.60. The van der Waals surface area contributed by atoms with E-state index in [4.69, 9.17) is 4.74 Å². The van der Waals surface area contributed by atoms with E-state index < -0.39 is 30.6 Å². The minimum absolute atomic E-state index is 0.219. The molecular formula is C16H21N3O6. The summed E-state index contributed by atoms with van der Waals surface area (Å²) in [6.45, 7) is 1.40. The number of hydrogen-bond acceptors (Lipinski definition) is 6. The Balaban J connectivity index is 1.58. The molecule has 3 aliphatic rings. The lowest BCUT2D eigenvalue weighted by atomic mass is 9.81. The first-order chi connectivity index (χ1) is 11.9. The highest BCUT2D eigenvalue weighted by molar-refractivity contribution is 6.08. The number of ether oxygens (including phenoxy) is 1. The molecule has 3 fully saturated rings. The van der Waals surface area contributed by atoms with Crippen molar-refractivity contribution < 1.29 is 28.7 Å². The van der Waals surface area contributed by atoms with Crippen molar-refractivity contribution in [2.24, 2.45) is 11.8 Å². The summed E-state index contributed by atoms with van der Waals surface area (Å²) in [6, 6.07) is -1.60. The zero-order valence-electron chi connectivity index (χ0n) is 14.0. The van der Waals surface area contributed by atoms with E-state index >= 15 is 0 Å². The van der Waals surface area contributed by atoms with Crippen molar-refractivity contribution in [2.75, 3.05) is 19.7 Å². The molecule has 0 aromatic heterocycles. The van der Waals surface area contributed by atoms with E-state index in [-0.39, 0.29) is 30.2 Å². The number of amides is 5. The molecule has 0 aromatic rings. The summed E-state index contributed by atoms with van der Waals surface area (Å²) in [7, 11) is 0. The molecular weight excluding hydrogens is 330 g/mol. The number of nitrogens with one attached hydrogen (secondary N) is 1. The second kappa shape index (κ2) is 6.81. The first kappa shape index (κ1) is 17.4. The van der Waals surface area contributed by atoms with E-state index in [1.54, 1.807) is 0 Å². The van der Waals surface area contributed by atoms with Crippen molar-refractivity contribution in [3.63, 3.8) is 0 Å². The third-order valence-corrected chi connectivity index (χ3v) is 5.10. The summed E-state index contributed by atoms with van der Waals surface area (Å²) in [6.07, 6.45) is 3.13. The smallest absolute Gasteiger partial charge is 0.329 e. The highest BCUT2D eigenvalue weighted by atomic mass is 16.5. The quantitative estimate of drug-likeness (QED) is 0.547. The number of nitrogens with zero attached hydrogens (tertiary/aromatic N) is 2. The van der Waals surface area contributed by atoms with Gasteiger partial charge in [0.2, 0.25) is 11.8 Å². The molecule has 9 heteroatoms. The van der Waals surface area contributed by atoms with Crippen LogP contribution in [-0.4, -0.2) is 65.3 Å². The molecule has 1 saturated carbocycles. The highest BCUT2D eigenvalue weighted by Crippen LogP contribution is 2.38. The minimum atomic E-state index is -1.08. The summed E-state index contributed by atoms with van der Waals surface area (Å²) in [5, 5.41) is 2.47. The van der Waals surface area contributed by atoms with Gasteiger partial charge in [-0.3, -0.25) is 24.2 Å². The first-order valence-corrected chi connectivity index (χ1v) is 8.53. The fourth-order valence-corrected chi connectivity index (χ4v) is 3.72. The molecule has 5 amide bonds. The summed E-state index contributed by atoms with van der Waals surface area (Å²) >= 11 is 0. The summed E-state index contributed by atoms with van der Waals surface area (Å²) < 4.78 is 4.93. The van der Waals surface area contributed by atoms with Gasteiger partial charge >= 0.3 is 12.0 Å². The number of esters is 1. The lowest BCUT2D eigenvalue weighted by Crippen LogP contribution is -2.45. The number of likely N-dealkylation sites (tertiary alicyclic amines) is 1. The third-order valence-electron chi connectivity index (χ3n) is 5.10. The first-order valence-electron chi connectivity index (χ1n) is 8.53.